The maximum atomic E-state index is 5.97. The smallest absolute Gasteiger partial charge is 0.134 e. The summed E-state index contributed by atoms with van der Waals surface area (Å²) in [5.74, 6) is 1.54. The molecule has 3 heteroatoms. The molecule has 2 heterocycles. The Morgan fingerprint density at radius 2 is 1.86 bits per heavy atom. The Bertz CT molecular complexity index is 666. The van der Waals surface area contributed by atoms with Crippen LogP contribution in [-0.2, 0) is 0 Å². The molecule has 1 N–H and O–H groups in total. The van der Waals surface area contributed by atoms with Crippen LogP contribution in [0.1, 0.15) is 43.5 Å². The highest BCUT2D eigenvalue weighted by Crippen LogP contribution is 2.30. The highest BCUT2D eigenvalue weighted by Gasteiger charge is 2.21. The van der Waals surface area contributed by atoms with Gasteiger partial charge in [-0.15, -0.1) is 11.3 Å². The fraction of sp³-hybridized carbons (Fsp3) is 0.333. The first-order valence-corrected chi connectivity index (χ1v) is 8.31. The van der Waals surface area contributed by atoms with Crippen molar-refractivity contribution in [1.29, 1.82) is 0 Å². The van der Waals surface area contributed by atoms with E-state index in [2.05, 4.69) is 55.7 Å². The van der Waals surface area contributed by atoms with Crippen LogP contribution in [0.5, 0.6) is 0 Å². The molecule has 110 valence electrons. The Morgan fingerprint density at radius 3 is 2.52 bits per heavy atom. The average Bonchev–Trinajstić information content (AvgIpc) is 3.12. The summed E-state index contributed by atoms with van der Waals surface area (Å²) in [4.78, 5) is 1.38. The molecule has 0 amide bonds. The van der Waals surface area contributed by atoms with E-state index in [-0.39, 0.29) is 6.04 Å². The lowest BCUT2D eigenvalue weighted by molar-refractivity contribution is 0.349. The predicted molar refractivity (Wildman–Crippen MR) is 89.7 cm³/mol. The van der Waals surface area contributed by atoms with Crippen LogP contribution in [0.15, 0.2) is 52.3 Å². The lowest BCUT2D eigenvalue weighted by Gasteiger charge is -2.24. The SMILES string of the molecule is CC(NC(c1cccs1)C(C)C)c1cc2ccccc2o1. The van der Waals surface area contributed by atoms with Crippen LogP contribution < -0.4 is 5.32 Å². The van der Waals surface area contributed by atoms with Gasteiger partial charge in [0.1, 0.15) is 11.3 Å². The van der Waals surface area contributed by atoms with Gasteiger partial charge in [0.15, 0.2) is 0 Å². The number of hydrogen-bond acceptors (Lipinski definition) is 3. The van der Waals surface area contributed by atoms with Crippen LogP contribution in [0.4, 0.5) is 0 Å². The van der Waals surface area contributed by atoms with Gasteiger partial charge in [-0.3, -0.25) is 5.32 Å². The van der Waals surface area contributed by atoms with Crippen molar-refractivity contribution in [2.45, 2.75) is 32.9 Å². The third-order valence-corrected chi connectivity index (χ3v) is 4.77. The molecule has 0 saturated carbocycles. The van der Waals surface area contributed by atoms with Crippen LogP contribution in [0.3, 0.4) is 0 Å². The van der Waals surface area contributed by atoms with E-state index < -0.39 is 0 Å². The lowest BCUT2D eigenvalue weighted by atomic mass is 10.0. The summed E-state index contributed by atoms with van der Waals surface area (Å²) in [6.07, 6.45) is 0. The maximum Gasteiger partial charge on any atom is 0.134 e. The van der Waals surface area contributed by atoms with E-state index in [0.29, 0.717) is 12.0 Å². The van der Waals surface area contributed by atoms with Crippen LogP contribution in [0.25, 0.3) is 11.0 Å². The molecule has 0 aliphatic rings. The van der Waals surface area contributed by atoms with Gasteiger partial charge in [0.25, 0.3) is 0 Å². The Kier molecular flexibility index (Phi) is 4.13. The van der Waals surface area contributed by atoms with Gasteiger partial charge in [-0.25, -0.2) is 0 Å². The van der Waals surface area contributed by atoms with E-state index in [9.17, 15) is 0 Å². The third kappa shape index (κ3) is 3.04. The molecule has 0 radical (unpaired) electrons. The van der Waals surface area contributed by atoms with E-state index in [0.717, 1.165) is 11.3 Å². The van der Waals surface area contributed by atoms with Gasteiger partial charge < -0.3 is 4.42 Å². The summed E-state index contributed by atoms with van der Waals surface area (Å²) in [5.41, 5.74) is 0.957. The molecule has 0 spiro atoms. The van der Waals surface area contributed by atoms with Crippen LogP contribution >= 0.6 is 11.3 Å². The van der Waals surface area contributed by atoms with Crippen molar-refractivity contribution in [2.24, 2.45) is 5.92 Å². The largest absolute Gasteiger partial charge is 0.459 e. The van der Waals surface area contributed by atoms with Gasteiger partial charge in [0, 0.05) is 16.3 Å². The van der Waals surface area contributed by atoms with Crippen molar-refractivity contribution in [1.82, 2.24) is 5.32 Å². The van der Waals surface area contributed by atoms with Gasteiger partial charge >= 0.3 is 0 Å². The van der Waals surface area contributed by atoms with Gasteiger partial charge in [0.05, 0.1) is 6.04 Å². The number of para-hydroxylation sites is 1. The maximum absolute atomic E-state index is 5.97. The number of furan rings is 1. The number of nitrogens with one attached hydrogen (secondary N) is 1. The molecule has 2 atom stereocenters. The Hall–Kier alpha value is -1.58. The molecule has 3 rings (SSSR count). The molecule has 3 aromatic rings. The van der Waals surface area contributed by atoms with Crippen molar-refractivity contribution in [3.8, 4) is 0 Å². The second-order valence-corrected chi connectivity index (χ2v) is 6.79. The zero-order valence-corrected chi connectivity index (χ0v) is 13.5. The number of hydrogen-bond donors (Lipinski definition) is 1. The molecule has 2 aromatic heterocycles. The Balaban J connectivity index is 1.82. The van der Waals surface area contributed by atoms with E-state index in [1.165, 1.54) is 10.3 Å². The van der Waals surface area contributed by atoms with Gasteiger partial charge in [-0.1, -0.05) is 38.1 Å². The molecular formula is C18H21NOS. The van der Waals surface area contributed by atoms with E-state index >= 15 is 0 Å². The highest BCUT2D eigenvalue weighted by atomic mass is 32.1. The average molecular weight is 299 g/mol. The zero-order chi connectivity index (χ0) is 14.8. The second kappa shape index (κ2) is 6.04. The first-order chi connectivity index (χ1) is 10.1. The molecule has 0 saturated heterocycles. The summed E-state index contributed by atoms with van der Waals surface area (Å²) in [6, 6.07) is 15.2. The van der Waals surface area contributed by atoms with Crippen LogP contribution in [0, 0.1) is 5.92 Å². The Labute approximate surface area is 129 Å². The van der Waals surface area contributed by atoms with Crippen molar-refractivity contribution >= 4 is 22.3 Å². The molecule has 0 fully saturated rings. The van der Waals surface area contributed by atoms with Crippen molar-refractivity contribution in [3.63, 3.8) is 0 Å². The minimum Gasteiger partial charge on any atom is -0.459 e. The Morgan fingerprint density at radius 1 is 1.05 bits per heavy atom. The van der Waals surface area contributed by atoms with Gasteiger partial charge in [-0.2, -0.15) is 0 Å². The molecule has 0 aliphatic carbocycles. The van der Waals surface area contributed by atoms with Gasteiger partial charge in [-0.05, 0) is 36.4 Å². The molecule has 2 unspecified atom stereocenters. The van der Waals surface area contributed by atoms with Crippen molar-refractivity contribution in [3.05, 3.63) is 58.5 Å². The minimum atomic E-state index is 0.187. The third-order valence-electron chi connectivity index (χ3n) is 3.82. The number of thiophene rings is 1. The summed E-state index contributed by atoms with van der Waals surface area (Å²) < 4.78 is 5.97. The van der Waals surface area contributed by atoms with Crippen LogP contribution in [-0.4, -0.2) is 0 Å². The monoisotopic (exact) mass is 299 g/mol. The summed E-state index contributed by atoms with van der Waals surface area (Å²) in [6.45, 7) is 6.67. The van der Waals surface area contributed by atoms with Crippen molar-refractivity contribution < 1.29 is 4.42 Å². The number of fused-ring (bicyclic) bond motifs is 1. The molecule has 1 aromatic carbocycles. The summed E-state index contributed by atoms with van der Waals surface area (Å²) >= 11 is 1.81. The summed E-state index contributed by atoms with van der Waals surface area (Å²) in [7, 11) is 0. The van der Waals surface area contributed by atoms with E-state index in [1.807, 2.05) is 29.5 Å². The topological polar surface area (TPSA) is 25.2 Å². The molecular weight excluding hydrogens is 278 g/mol. The quantitative estimate of drug-likeness (QED) is 0.669. The predicted octanol–water partition coefficient (Wildman–Crippen LogP) is 5.54. The molecule has 2 nitrogen and oxygen atoms in total. The van der Waals surface area contributed by atoms with Crippen molar-refractivity contribution in [2.75, 3.05) is 0 Å². The normalized spacial score (nSPS) is 14.7. The first kappa shape index (κ1) is 14.4. The molecule has 0 aliphatic heterocycles. The summed E-state index contributed by atoms with van der Waals surface area (Å²) in [5, 5.41) is 7.02. The van der Waals surface area contributed by atoms with E-state index in [1.54, 1.807) is 0 Å². The van der Waals surface area contributed by atoms with E-state index in [4.69, 9.17) is 4.42 Å². The number of rotatable bonds is 5. The zero-order valence-electron chi connectivity index (χ0n) is 12.7. The molecule has 21 heavy (non-hydrogen) atoms. The number of benzene rings is 1. The fourth-order valence-corrected chi connectivity index (χ4v) is 3.60. The lowest BCUT2D eigenvalue weighted by Crippen LogP contribution is -2.27. The van der Waals surface area contributed by atoms with Gasteiger partial charge in [0.2, 0.25) is 0 Å². The van der Waals surface area contributed by atoms with Crippen LogP contribution in [0.2, 0.25) is 0 Å². The highest BCUT2D eigenvalue weighted by molar-refractivity contribution is 7.10. The first-order valence-electron chi connectivity index (χ1n) is 7.43. The molecule has 0 bridgehead atoms. The second-order valence-electron chi connectivity index (χ2n) is 5.81. The standard InChI is InChI=1S/C18H21NOS/c1-12(2)18(17-9-6-10-21-17)19-13(3)16-11-14-7-4-5-8-15(14)20-16/h4-13,18-19H,1-3H3. The minimum absolute atomic E-state index is 0.187. The fourth-order valence-electron chi connectivity index (χ4n) is 2.64.